The molecule has 0 fully saturated rings. The number of esters is 1. The SMILES string of the molecule is CCOC(=O)CCC1C=CC=CC(=O)C1. The maximum Gasteiger partial charge on any atom is 0.305 e. The molecule has 1 unspecified atom stereocenters. The molecule has 0 N–H and O–H groups in total. The van der Waals surface area contributed by atoms with E-state index in [9.17, 15) is 9.59 Å². The number of allylic oxidation sites excluding steroid dienone is 4. The standard InChI is InChI=1S/C12H16O3/c1-2-15-12(14)8-7-10-5-3-4-6-11(13)9-10/h3-6,10H,2,7-9H2,1H3. The first kappa shape index (κ1) is 11.7. The topological polar surface area (TPSA) is 43.4 Å². The van der Waals surface area contributed by atoms with Crippen LogP contribution >= 0.6 is 0 Å². The number of hydrogen-bond donors (Lipinski definition) is 0. The number of carbonyl (C=O) groups is 2. The van der Waals surface area contributed by atoms with E-state index < -0.39 is 0 Å². The Labute approximate surface area is 89.8 Å². The monoisotopic (exact) mass is 208 g/mol. The van der Waals surface area contributed by atoms with Crippen molar-refractivity contribution in [1.29, 1.82) is 0 Å². The van der Waals surface area contributed by atoms with Gasteiger partial charge in [-0.1, -0.05) is 18.2 Å². The summed E-state index contributed by atoms with van der Waals surface area (Å²) in [6, 6.07) is 0. The molecular formula is C12H16O3. The number of rotatable bonds is 4. The fraction of sp³-hybridized carbons (Fsp3) is 0.500. The van der Waals surface area contributed by atoms with Crippen LogP contribution in [0.4, 0.5) is 0 Å². The molecule has 0 amide bonds. The first-order valence-corrected chi connectivity index (χ1v) is 5.25. The van der Waals surface area contributed by atoms with Crippen molar-refractivity contribution in [3.8, 4) is 0 Å². The number of ketones is 1. The molecule has 0 radical (unpaired) electrons. The average Bonchev–Trinajstić information content (AvgIpc) is 2.40. The minimum atomic E-state index is -0.185. The van der Waals surface area contributed by atoms with Crippen molar-refractivity contribution >= 4 is 11.8 Å². The van der Waals surface area contributed by atoms with E-state index in [2.05, 4.69) is 0 Å². The molecule has 0 aromatic rings. The Morgan fingerprint density at radius 1 is 1.53 bits per heavy atom. The van der Waals surface area contributed by atoms with Crippen LogP contribution in [0.15, 0.2) is 24.3 Å². The van der Waals surface area contributed by atoms with E-state index in [-0.39, 0.29) is 17.7 Å². The third-order valence-electron chi connectivity index (χ3n) is 2.26. The van der Waals surface area contributed by atoms with Gasteiger partial charge in [0.05, 0.1) is 6.61 Å². The van der Waals surface area contributed by atoms with Crippen LogP contribution in [-0.2, 0) is 14.3 Å². The molecule has 0 spiro atoms. The molecule has 0 bridgehead atoms. The largest absolute Gasteiger partial charge is 0.466 e. The summed E-state index contributed by atoms with van der Waals surface area (Å²) >= 11 is 0. The number of ether oxygens (including phenoxy) is 1. The minimum absolute atomic E-state index is 0.119. The molecule has 0 heterocycles. The lowest BCUT2D eigenvalue weighted by Crippen LogP contribution is -2.09. The molecule has 0 saturated carbocycles. The van der Waals surface area contributed by atoms with Crippen LogP contribution in [0.1, 0.15) is 26.2 Å². The molecule has 0 saturated heterocycles. The van der Waals surface area contributed by atoms with Gasteiger partial charge in [0.15, 0.2) is 5.78 Å². The first-order chi connectivity index (χ1) is 7.22. The molecule has 1 rings (SSSR count). The lowest BCUT2D eigenvalue weighted by atomic mass is 9.98. The smallest absolute Gasteiger partial charge is 0.305 e. The van der Waals surface area contributed by atoms with Crippen LogP contribution in [0.2, 0.25) is 0 Å². The molecule has 15 heavy (non-hydrogen) atoms. The van der Waals surface area contributed by atoms with Gasteiger partial charge in [-0.05, 0) is 25.3 Å². The molecule has 0 aliphatic heterocycles. The maximum absolute atomic E-state index is 11.2. The summed E-state index contributed by atoms with van der Waals surface area (Å²) in [6.45, 7) is 2.21. The predicted octanol–water partition coefficient (Wildman–Crippen LogP) is 2.03. The van der Waals surface area contributed by atoms with Crippen molar-refractivity contribution in [2.24, 2.45) is 5.92 Å². The van der Waals surface area contributed by atoms with Crippen LogP contribution in [0.3, 0.4) is 0 Å². The van der Waals surface area contributed by atoms with E-state index in [0.717, 1.165) is 0 Å². The Hall–Kier alpha value is -1.38. The van der Waals surface area contributed by atoms with Gasteiger partial charge in [0.1, 0.15) is 0 Å². The van der Waals surface area contributed by atoms with Gasteiger partial charge in [0.2, 0.25) is 0 Å². The Balaban J connectivity index is 2.32. The number of carbonyl (C=O) groups excluding carboxylic acids is 2. The highest BCUT2D eigenvalue weighted by atomic mass is 16.5. The summed E-state index contributed by atoms with van der Waals surface area (Å²) in [4.78, 5) is 22.3. The van der Waals surface area contributed by atoms with Crippen molar-refractivity contribution in [2.45, 2.75) is 26.2 Å². The summed E-state index contributed by atoms with van der Waals surface area (Å²) < 4.78 is 4.83. The van der Waals surface area contributed by atoms with Crippen molar-refractivity contribution < 1.29 is 14.3 Å². The van der Waals surface area contributed by atoms with E-state index >= 15 is 0 Å². The van der Waals surface area contributed by atoms with Gasteiger partial charge in [-0.15, -0.1) is 0 Å². The van der Waals surface area contributed by atoms with Crippen molar-refractivity contribution in [3.05, 3.63) is 24.3 Å². The van der Waals surface area contributed by atoms with Crippen LogP contribution in [0.25, 0.3) is 0 Å². The fourth-order valence-corrected chi connectivity index (χ4v) is 1.51. The van der Waals surface area contributed by atoms with Gasteiger partial charge in [-0.25, -0.2) is 0 Å². The summed E-state index contributed by atoms with van der Waals surface area (Å²) in [5, 5.41) is 0. The second kappa shape index (κ2) is 6.17. The molecule has 1 atom stereocenters. The highest BCUT2D eigenvalue weighted by Crippen LogP contribution is 2.16. The Morgan fingerprint density at radius 3 is 3.07 bits per heavy atom. The predicted molar refractivity (Wildman–Crippen MR) is 57.3 cm³/mol. The molecule has 0 aromatic heterocycles. The van der Waals surface area contributed by atoms with Gasteiger partial charge in [-0.3, -0.25) is 9.59 Å². The molecule has 3 nitrogen and oxygen atoms in total. The third-order valence-corrected chi connectivity index (χ3v) is 2.26. The third kappa shape index (κ3) is 4.58. The molecule has 3 heteroatoms. The highest BCUT2D eigenvalue weighted by Gasteiger charge is 2.13. The Morgan fingerprint density at radius 2 is 2.33 bits per heavy atom. The molecular weight excluding hydrogens is 192 g/mol. The maximum atomic E-state index is 11.2. The summed E-state index contributed by atoms with van der Waals surface area (Å²) in [7, 11) is 0. The highest BCUT2D eigenvalue weighted by molar-refractivity contribution is 5.90. The van der Waals surface area contributed by atoms with E-state index in [1.807, 2.05) is 12.2 Å². The summed E-state index contributed by atoms with van der Waals surface area (Å²) in [5.41, 5.74) is 0. The lowest BCUT2D eigenvalue weighted by molar-refractivity contribution is -0.143. The molecule has 1 aliphatic rings. The zero-order chi connectivity index (χ0) is 11.1. The van der Waals surface area contributed by atoms with E-state index in [1.165, 1.54) is 0 Å². The van der Waals surface area contributed by atoms with Crippen molar-refractivity contribution in [3.63, 3.8) is 0 Å². The normalized spacial score (nSPS) is 20.1. The lowest BCUT2D eigenvalue weighted by Gasteiger charge is -2.08. The van der Waals surface area contributed by atoms with Crippen LogP contribution < -0.4 is 0 Å². The van der Waals surface area contributed by atoms with Gasteiger partial charge in [0, 0.05) is 12.8 Å². The van der Waals surface area contributed by atoms with Gasteiger partial charge >= 0.3 is 5.97 Å². The molecule has 0 aromatic carbocycles. The van der Waals surface area contributed by atoms with E-state index in [4.69, 9.17) is 4.74 Å². The van der Waals surface area contributed by atoms with Crippen LogP contribution in [0, 0.1) is 5.92 Å². The molecule has 1 aliphatic carbocycles. The quantitative estimate of drug-likeness (QED) is 0.664. The van der Waals surface area contributed by atoms with Crippen molar-refractivity contribution in [2.75, 3.05) is 6.61 Å². The average molecular weight is 208 g/mol. The zero-order valence-electron chi connectivity index (χ0n) is 8.94. The van der Waals surface area contributed by atoms with Crippen molar-refractivity contribution in [1.82, 2.24) is 0 Å². The molecule has 82 valence electrons. The fourth-order valence-electron chi connectivity index (χ4n) is 1.51. The summed E-state index contributed by atoms with van der Waals surface area (Å²) in [6.07, 6.45) is 8.71. The number of hydrogen-bond acceptors (Lipinski definition) is 3. The van der Waals surface area contributed by atoms with E-state index in [1.54, 1.807) is 19.1 Å². The van der Waals surface area contributed by atoms with Gasteiger partial charge in [-0.2, -0.15) is 0 Å². The Kier molecular flexibility index (Phi) is 4.81. The summed E-state index contributed by atoms with van der Waals surface area (Å²) in [5.74, 6) is 0.0984. The first-order valence-electron chi connectivity index (χ1n) is 5.25. The van der Waals surface area contributed by atoms with Gasteiger partial charge in [0.25, 0.3) is 0 Å². The van der Waals surface area contributed by atoms with Gasteiger partial charge < -0.3 is 4.74 Å². The zero-order valence-corrected chi connectivity index (χ0v) is 8.94. The van der Waals surface area contributed by atoms with Crippen LogP contribution in [0.5, 0.6) is 0 Å². The second-order valence-corrected chi connectivity index (χ2v) is 3.52. The minimum Gasteiger partial charge on any atom is -0.466 e. The Bertz CT molecular complexity index is 289. The van der Waals surface area contributed by atoms with Crippen LogP contribution in [-0.4, -0.2) is 18.4 Å². The second-order valence-electron chi connectivity index (χ2n) is 3.52. The van der Waals surface area contributed by atoms with E-state index in [0.29, 0.717) is 25.9 Å².